The zero-order valence-electron chi connectivity index (χ0n) is 12.6. The number of ether oxygens (including phenoxy) is 2. The minimum atomic E-state index is -0.924. The lowest BCUT2D eigenvalue weighted by atomic mass is 10.1. The molecule has 1 aromatic rings. The molecule has 0 saturated carbocycles. The number of esters is 1. The normalized spacial score (nSPS) is 12.4. The fraction of sp³-hybridized carbons (Fsp3) is 0.500. The van der Waals surface area contributed by atoms with Crippen molar-refractivity contribution in [2.75, 3.05) is 7.11 Å². The Morgan fingerprint density at radius 2 is 2.05 bits per heavy atom. The number of carbonyl (C=O) groups is 2. The number of aromatic nitrogens is 1. The molecule has 0 unspecified atom stereocenters. The summed E-state index contributed by atoms with van der Waals surface area (Å²) in [5.74, 6) is -0.610. The van der Waals surface area contributed by atoms with Crippen molar-refractivity contribution in [2.24, 2.45) is 0 Å². The van der Waals surface area contributed by atoms with Crippen LogP contribution in [-0.2, 0) is 20.7 Å². The number of hydrogen-bond donors (Lipinski definition) is 2. The summed E-state index contributed by atoms with van der Waals surface area (Å²) >= 11 is 0. The predicted molar refractivity (Wildman–Crippen MR) is 75.9 cm³/mol. The molecule has 1 atom stereocenters. The SMILES string of the molecule is COC(=O)[C@H](Cc1cc[nH]c(=O)c1)NC(=O)OC(C)(C)C. The van der Waals surface area contributed by atoms with Gasteiger partial charge in [0, 0.05) is 18.7 Å². The van der Waals surface area contributed by atoms with Gasteiger partial charge in [-0.1, -0.05) is 0 Å². The van der Waals surface area contributed by atoms with Crippen molar-refractivity contribution in [3.05, 3.63) is 34.2 Å². The van der Waals surface area contributed by atoms with Crippen molar-refractivity contribution in [1.29, 1.82) is 0 Å². The summed E-state index contributed by atoms with van der Waals surface area (Å²) in [7, 11) is 1.23. The Labute approximate surface area is 122 Å². The zero-order valence-corrected chi connectivity index (χ0v) is 12.6. The fourth-order valence-electron chi connectivity index (χ4n) is 1.64. The molecule has 0 aromatic carbocycles. The number of H-pyrrole nitrogens is 1. The van der Waals surface area contributed by atoms with Gasteiger partial charge in [0.2, 0.25) is 5.56 Å². The molecule has 7 nitrogen and oxygen atoms in total. The lowest BCUT2D eigenvalue weighted by Gasteiger charge is -2.22. The summed E-state index contributed by atoms with van der Waals surface area (Å²) in [5.41, 5.74) is -0.354. The first-order valence-electron chi connectivity index (χ1n) is 6.46. The van der Waals surface area contributed by atoms with Gasteiger partial charge in [-0.2, -0.15) is 0 Å². The first-order chi connectivity index (χ1) is 9.71. The molecule has 0 aliphatic rings. The van der Waals surface area contributed by atoms with E-state index in [1.807, 2.05) is 0 Å². The van der Waals surface area contributed by atoms with Gasteiger partial charge in [0.05, 0.1) is 7.11 Å². The molecule has 7 heteroatoms. The number of nitrogens with one attached hydrogen (secondary N) is 2. The van der Waals surface area contributed by atoms with Crippen LogP contribution in [0, 0.1) is 0 Å². The average molecular weight is 296 g/mol. The van der Waals surface area contributed by atoms with Crippen LogP contribution in [0.1, 0.15) is 26.3 Å². The minimum absolute atomic E-state index is 0.135. The van der Waals surface area contributed by atoms with E-state index in [9.17, 15) is 14.4 Å². The molecule has 116 valence electrons. The zero-order chi connectivity index (χ0) is 16.0. The fourth-order valence-corrected chi connectivity index (χ4v) is 1.64. The van der Waals surface area contributed by atoms with Gasteiger partial charge in [0.15, 0.2) is 0 Å². The summed E-state index contributed by atoms with van der Waals surface area (Å²) in [4.78, 5) is 37.2. The van der Waals surface area contributed by atoms with Crippen LogP contribution in [0.15, 0.2) is 23.1 Å². The number of alkyl carbamates (subject to hydrolysis) is 1. The van der Waals surface area contributed by atoms with E-state index in [2.05, 4.69) is 15.0 Å². The van der Waals surface area contributed by atoms with E-state index in [1.165, 1.54) is 19.4 Å². The van der Waals surface area contributed by atoms with E-state index in [0.29, 0.717) is 5.56 Å². The highest BCUT2D eigenvalue weighted by atomic mass is 16.6. The van der Waals surface area contributed by atoms with Gasteiger partial charge in [0.25, 0.3) is 0 Å². The van der Waals surface area contributed by atoms with E-state index < -0.39 is 23.7 Å². The Bertz CT molecular complexity index is 559. The van der Waals surface area contributed by atoms with Gasteiger partial charge in [-0.05, 0) is 32.4 Å². The molecule has 2 N–H and O–H groups in total. The van der Waals surface area contributed by atoms with Crippen LogP contribution >= 0.6 is 0 Å². The number of hydrogen-bond acceptors (Lipinski definition) is 5. The van der Waals surface area contributed by atoms with Crippen molar-refractivity contribution in [3.63, 3.8) is 0 Å². The third-order valence-electron chi connectivity index (χ3n) is 2.46. The van der Waals surface area contributed by atoms with Crippen molar-refractivity contribution >= 4 is 12.1 Å². The lowest BCUT2D eigenvalue weighted by Crippen LogP contribution is -2.45. The van der Waals surface area contributed by atoms with Crippen molar-refractivity contribution in [2.45, 2.75) is 38.8 Å². The molecule has 1 rings (SSSR count). The summed E-state index contributed by atoms with van der Waals surface area (Å²) in [6.45, 7) is 5.16. The van der Waals surface area contributed by atoms with E-state index in [-0.39, 0.29) is 12.0 Å². The van der Waals surface area contributed by atoms with Crippen LogP contribution in [0.3, 0.4) is 0 Å². The molecule has 0 spiro atoms. The number of pyridine rings is 1. The summed E-state index contributed by atoms with van der Waals surface area (Å²) < 4.78 is 9.75. The van der Waals surface area contributed by atoms with Gasteiger partial charge < -0.3 is 19.8 Å². The highest BCUT2D eigenvalue weighted by Crippen LogP contribution is 2.08. The Morgan fingerprint density at radius 1 is 1.38 bits per heavy atom. The highest BCUT2D eigenvalue weighted by molar-refractivity contribution is 5.81. The molecule has 1 aromatic heterocycles. The number of aromatic amines is 1. The second-order valence-corrected chi connectivity index (χ2v) is 5.49. The largest absolute Gasteiger partial charge is 0.467 e. The number of rotatable bonds is 4. The molecular weight excluding hydrogens is 276 g/mol. The molecule has 0 bridgehead atoms. The lowest BCUT2D eigenvalue weighted by molar-refractivity contribution is -0.143. The van der Waals surface area contributed by atoms with Gasteiger partial charge in [-0.25, -0.2) is 9.59 Å². The van der Waals surface area contributed by atoms with Gasteiger partial charge in [0.1, 0.15) is 11.6 Å². The molecule has 0 saturated heterocycles. The van der Waals surface area contributed by atoms with Crippen LogP contribution in [0.5, 0.6) is 0 Å². The van der Waals surface area contributed by atoms with Crippen LogP contribution in [0.4, 0.5) is 4.79 Å². The number of carbonyl (C=O) groups excluding carboxylic acids is 2. The third kappa shape index (κ3) is 6.11. The number of methoxy groups -OCH3 is 1. The first-order valence-corrected chi connectivity index (χ1v) is 6.46. The molecule has 1 amide bonds. The van der Waals surface area contributed by atoms with E-state index >= 15 is 0 Å². The van der Waals surface area contributed by atoms with E-state index in [1.54, 1.807) is 26.8 Å². The van der Waals surface area contributed by atoms with E-state index in [4.69, 9.17) is 4.74 Å². The maximum Gasteiger partial charge on any atom is 0.408 e. The molecule has 21 heavy (non-hydrogen) atoms. The monoisotopic (exact) mass is 296 g/mol. The van der Waals surface area contributed by atoms with Crippen LogP contribution in [0.2, 0.25) is 0 Å². The predicted octanol–water partition coefficient (Wildman–Crippen LogP) is 0.984. The quantitative estimate of drug-likeness (QED) is 0.807. The molecular formula is C14H20N2O5. The summed E-state index contributed by atoms with van der Waals surface area (Å²) in [6.07, 6.45) is 0.887. The van der Waals surface area contributed by atoms with Crippen LogP contribution < -0.4 is 10.9 Å². The smallest absolute Gasteiger partial charge is 0.408 e. The van der Waals surface area contributed by atoms with Crippen molar-refractivity contribution in [3.8, 4) is 0 Å². The third-order valence-corrected chi connectivity index (χ3v) is 2.46. The Balaban J connectivity index is 2.79. The van der Waals surface area contributed by atoms with Crippen LogP contribution in [-0.4, -0.2) is 35.8 Å². The Hall–Kier alpha value is -2.31. The van der Waals surface area contributed by atoms with Gasteiger partial charge >= 0.3 is 12.1 Å². The molecule has 0 fully saturated rings. The topological polar surface area (TPSA) is 97.5 Å². The number of amides is 1. The second-order valence-electron chi connectivity index (χ2n) is 5.49. The first kappa shape index (κ1) is 16.7. The molecule has 0 aliphatic heterocycles. The Kier molecular flexibility index (Phi) is 5.52. The molecule has 1 heterocycles. The minimum Gasteiger partial charge on any atom is -0.467 e. The molecule has 0 radical (unpaired) electrons. The van der Waals surface area contributed by atoms with Crippen molar-refractivity contribution < 1.29 is 19.1 Å². The molecule has 0 aliphatic carbocycles. The van der Waals surface area contributed by atoms with Gasteiger partial charge in [-0.3, -0.25) is 4.79 Å². The Morgan fingerprint density at radius 3 is 2.57 bits per heavy atom. The van der Waals surface area contributed by atoms with Crippen LogP contribution in [0.25, 0.3) is 0 Å². The van der Waals surface area contributed by atoms with E-state index in [0.717, 1.165) is 0 Å². The maximum absolute atomic E-state index is 11.7. The second kappa shape index (κ2) is 6.92. The maximum atomic E-state index is 11.7. The summed E-state index contributed by atoms with van der Waals surface area (Å²) in [6, 6.07) is 2.08. The van der Waals surface area contributed by atoms with Crippen molar-refractivity contribution in [1.82, 2.24) is 10.3 Å². The highest BCUT2D eigenvalue weighted by Gasteiger charge is 2.25. The summed E-state index contributed by atoms with van der Waals surface area (Å²) in [5, 5.41) is 2.44. The van der Waals surface area contributed by atoms with Gasteiger partial charge in [-0.15, -0.1) is 0 Å². The average Bonchev–Trinajstić information content (AvgIpc) is 2.34. The standard InChI is InChI=1S/C14H20N2O5/c1-14(2,3)21-13(19)16-10(12(18)20-4)7-9-5-6-15-11(17)8-9/h5-6,8,10H,7H2,1-4H3,(H,15,17)(H,16,19)/t10-/m0/s1.